The number of aromatic nitrogens is 2. The molecule has 0 saturated heterocycles. The zero-order valence-corrected chi connectivity index (χ0v) is 7.74. The minimum atomic E-state index is -0.153. The van der Waals surface area contributed by atoms with Crippen LogP contribution in [0.4, 0.5) is 0 Å². The number of hydrogen-bond acceptors (Lipinski definition) is 3. The molecule has 1 aromatic heterocycles. The normalized spacial score (nSPS) is 9.62. The van der Waals surface area contributed by atoms with Crippen LogP contribution in [0.3, 0.4) is 0 Å². The first-order valence-corrected chi connectivity index (χ1v) is 4.13. The fraction of sp³-hybridized carbons (Fsp3) is 0.444. The molecule has 0 unspecified atom stereocenters. The van der Waals surface area contributed by atoms with E-state index >= 15 is 0 Å². The number of carbonyl (C=O) groups is 1. The molecule has 0 aliphatic rings. The molecule has 0 radical (unpaired) electrons. The van der Waals surface area contributed by atoms with Gasteiger partial charge in [0.25, 0.3) is 0 Å². The van der Waals surface area contributed by atoms with Crippen molar-refractivity contribution in [1.82, 2.24) is 9.78 Å². The molecule has 0 atom stereocenters. The van der Waals surface area contributed by atoms with Crippen LogP contribution in [0.2, 0.25) is 0 Å². The molecular formula is C9H11N3O. The summed E-state index contributed by atoms with van der Waals surface area (Å²) in [6.45, 7) is 4.53. The summed E-state index contributed by atoms with van der Waals surface area (Å²) in [5.74, 6) is -0.153. The van der Waals surface area contributed by atoms with Crippen LogP contribution in [0.25, 0.3) is 0 Å². The highest BCUT2D eigenvalue weighted by molar-refractivity contribution is 5.98. The second-order valence-electron chi connectivity index (χ2n) is 2.72. The summed E-state index contributed by atoms with van der Waals surface area (Å²) in [7, 11) is 0. The van der Waals surface area contributed by atoms with Crippen molar-refractivity contribution in [3.8, 4) is 6.07 Å². The molecule has 1 aromatic rings. The number of aryl methyl sites for hydroxylation is 1. The van der Waals surface area contributed by atoms with Crippen molar-refractivity contribution in [2.24, 2.45) is 0 Å². The van der Waals surface area contributed by atoms with Gasteiger partial charge in [-0.25, -0.2) is 0 Å². The minimum Gasteiger partial charge on any atom is -0.293 e. The molecule has 0 aliphatic heterocycles. The Kier molecular flexibility index (Phi) is 2.80. The van der Waals surface area contributed by atoms with Gasteiger partial charge in [-0.2, -0.15) is 10.4 Å². The Balaban J connectivity index is 2.97. The van der Waals surface area contributed by atoms with Crippen molar-refractivity contribution in [3.05, 3.63) is 17.5 Å². The standard InChI is InChI=1S/C9H11N3O/c1-3-12-7(2)8(6-11-12)9(13)4-5-10/h6H,3-4H2,1-2H3. The van der Waals surface area contributed by atoms with Gasteiger partial charge in [0.2, 0.25) is 0 Å². The summed E-state index contributed by atoms with van der Waals surface area (Å²) in [5, 5.41) is 12.4. The lowest BCUT2D eigenvalue weighted by atomic mass is 10.1. The van der Waals surface area contributed by atoms with E-state index in [9.17, 15) is 4.79 Å². The monoisotopic (exact) mass is 177 g/mol. The number of nitrogens with zero attached hydrogens (tertiary/aromatic N) is 3. The molecule has 0 saturated carbocycles. The number of nitriles is 1. The third-order valence-electron chi connectivity index (χ3n) is 1.94. The Morgan fingerprint density at radius 3 is 2.92 bits per heavy atom. The van der Waals surface area contributed by atoms with E-state index in [2.05, 4.69) is 5.10 Å². The van der Waals surface area contributed by atoms with Crippen LogP contribution in [0.15, 0.2) is 6.20 Å². The lowest BCUT2D eigenvalue weighted by molar-refractivity contribution is 0.0997. The maximum Gasteiger partial charge on any atom is 0.180 e. The Labute approximate surface area is 76.8 Å². The number of ketones is 1. The van der Waals surface area contributed by atoms with Crippen LogP contribution in [0.5, 0.6) is 0 Å². The van der Waals surface area contributed by atoms with Crippen molar-refractivity contribution >= 4 is 5.78 Å². The number of hydrogen-bond donors (Lipinski definition) is 0. The Bertz CT molecular complexity index is 359. The SMILES string of the molecule is CCn1ncc(C(=O)CC#N)c1C. The smallest absolute Gasteiger partial charge is 0.180 e. The first-order valence-electron chi connectivity index (χ1n) is 4.13. The van der Waals surface area contributed by atoms with Crippen molar-refractivity contribution in [2.45, 2.75) is 26.8 Å². The molecule has 13 heavy (non-hydrogen) atoms. The van der Waals surface area contributed by atoms with E-state index in [4.69, 9.17) is 5.26 Å². The summed E-state index contributed by atoms with van der Waals surface area (Å²) in [6, 6.07) is 1.83. The van der Waals surface area contributed by atoms with Crippen LogP contribution in [-0.2, 0) is 6.54 Å². The number of carbonyl (C=O) groups excluding carboxylic acids is 1. The van der Waals surface area contributed by atoms with E-state index in [1.165, 1.54) is 6.20 Å². The molecular weight excluding hydrogens is 166 g/mol. The van der Waals surface area contributed by atoms with Gasteiger partial charge >= 0.3 is 0 Å². The van der Waals surface area contributed by atoms with Crippen molar-refractivity contribution in [3.63, 3.8) is 0 Å². The topological polar surface area (TPSA) is 58.7 Å². The molecule has 0 N–H and O–H groups in total. The average molecular weight is 177 g/mol. The summed E-state index contributed by atoms with van der Waals surface area (Å²) in [6.07, 6.45) is 1.45. The molecule has 0 amide bonds. The zero-order chi connectivity index (χ0) is 9.84. The third-order valence-corrected chi connectivity index (χ3v) is 1.94. The fourth-order valence-corrected chi connectivity index (χ4v) is 1.21. The number of Topliss-reactive ketones (excluding diaryl/α,β-unsaturated/α-hetero) is 1. The molecule has 1 heterocycles. The van der Waals surface area contributed by atoms with Gasteiger partial charge in [-0.3, -0.25) is 9.48 Å². The molecule has 4 heteroatoms. The first kappa shape index (κ1) is 9.46. The molecule has 0 fully saturated rings. The van der Waals surface area contributed by atoms with E-state index in [1.807, 2.05) is 19.9 Å². The number of rotatable bonds is 3. The molecule has 0 spiro atoms. The highest BCUT2D eigenvalue weighted by atomic mass is 16.1. The van der Waals surface area contributed by atoms with Crippen LogP contribution in [-0.4, -0.2) is 15.6 Å². The predicted octanol–water partition coefficient (Wildman–Crippen LogP) is 1.31. The summed E-state index contributed by atoms with van der Waals surface area (Å²) >= 11 is 0. The third kappa shape index (κ3) is 1.75. The van der Waals surface area contributed by atoms with Crippen LogP contribution >= 0.6 is 0 Å². The molecule has 1 rings (SSSR count). The van der Waals surface area contributed by atoms with E-state index in [0.717, 1.165) is 12.2 Å². The predicted molar refractivity (Wildman–Crippen MR) is 47.2 cm³/mol. The van der Waals surface area contributed by atoms with Gasteiger partial charge in [0.15, 0.2) is 5.78 Å². The van der Waals surface area contributed by atoms with Gasteiger partial charge < -0.3 is 0 Å². The van der Waals surface area contributed by atoms with E-state index in [1.54, 1.807) is 4.68 Å². The summed E-state index contributed by atoms with van der Waals surface area (Å²) < 4.78 is 1.74. The van der Waals surface area contributed by atoms with Gasteiger partial charge in [-0.05, 0) is 13.8 Å². The van der Waals surface area contributed by atoms with E-state index in [0.29, 0.717) is 5.56 Å². The van der Waals surface area contributed by atoms with Gasteiger partial charge in [0.1, 0.15) is 0 Å². The molecule has 4 nitrogen and oxygen atoms in total. The largest absolute Gasteiger partial charge is 0.293 e. The van der Waals surface area contributed by atoms with Crippen molar-refractivity contribution < 1.29 is 4.79 Å². The first-order chi connectivity index (χ1) is 6.20. The van der Waals surface area contributed by atoms with Crippen molar-refractivity contribution in [1.29, 1.82) is 5.26 Å². The lowest BCUT2D eigenvalue weighted by Crippen LogP contribution is -2.02. The van der Waals surface area contributed by atoms with Gasteiger partial charge in [-0.15, -0.1) is 0 Å². The molecule has 68 valence electrons. The maximum absolute atomic E-state index is 11.3. The highest BCUT2D eigenvalue weighted by Crippen LogP contribution is 2.09. The van der Waals surface area contributed by atoms with Crippen LogP contribution in [0, 0.1) is 18.3 Å². The van der Waals surface area contributed by atoms with Crippen LogP contribution < -0.4 is 0 Å². The lowest BCUT2D eigenvalue weighted by Gasteiger charge is -1.99. The average Bonchev–Trinajstić information content (AvgIpc) is 2.47. The highest BCUT2D eigenvalue weighted by Gasteiger charge is 2.12. The maximum atomic E-state index is 11.3. The molecule has 0 bridgehead atoms. The van der Waals surface area contributed by atoms with Crippen molar-refractivity contribution in [2.75, 3.05) is 0 Å². The minimum absolute atomic E-state index is 0.0732. The molecule has 0 aliphatic carbocycles. The Morgan fingerprint density at radius 2 is 2.46 bits per heavy atom. The van der Waals surface area contributed by atoms with E-state index < -0.39 is 0 Å². The Hall–Kier alpha value is -1.63. The quantitative estimate of drug-likeness (QED) is 0.654. The van der Waals surface area contributed by atoms with Gasteiger partial charge in [0, 0.05) is 12.2 Å². The van der Waals surface area contributed by atoms with E-state index in [-0.39, 0.29) is 12.2 Å². The van der Waals surface area contributed by atoms with Gasteiger partial charge in [-0.1, -0.05) is 0 Å². The zero-order valence-electron chi connectivity index (χ0n) is 7.74. The summed E-state index contributed by atoms with van der Waals surface area (Å²) in [4.78, 5) is 11.3. The van der Waals surface area contributed by atoms with Gasteiger partial charge in [0.05, 0.1) is 24.3 Å². The molecule has 0 aromatic carbocycles. The second kappa shape index (κ2) is 3.85. The fourth-order valence-electron chi connectivity index (χ4n) is 1.21. The Morgan fingerprint density at radius 1 is 1.77 bits per heavy atom. The van der Waals surface area contributed by atoms with Crippen LogP contribution in [0.1, 0.15) is 29.4 Å². The summed E-state index contributed by atoms with van der Waals surface area (Å²) in [5.41, 5.74) is 1.39. The second-order valence-corrected chi connectivity index (χ2v) is 2.72.